The largest absolute Gasteiger partial charge is 0.460 e. The normalized spacial score (nSPS) is 12.4. The van der Waals surface area contributed by atoms with Gasteiger partial charge in [0.15, 0.2) is 5.76 Å². The molecule has 1 heterocycles. The van der Waals surface area contributed by atoms with Crippen LogP contribution >= 0.6 is 15.9 Å². The number of nitrogens with two attached hydrogens (primary N) is 1. The molecule has 0 spiro atoms. The molecule has 3 nitrogen and oxygen atoms in total. The number of halogens is 1. The second-order valence-corrected chi connectivity index (χ2v) is 4.61. The Hall–Kier alpha value is -1.39. The summed E-state index contributed by atoms with van der Waals surface area (Å²) in [5.74, 6) is 0.0964. The quantitative estimate of drug-likeness (QED) is 0.882. The fourth-order valence-electron chi connectivity index (χ4n) is 1.60. The van der Waals surface area contributed by atoms with Crippen molar-refractivity contribution < 1.29 is 9.21 Å². The SMILES string of the molecule is NC(Cc1ccccc1)C(=O)c1occc1Br. The molecule has 0 saturated carbocycles. The second kappa shape index (κ2) is 5.29. The number of carbonyl (C=O) groups excluding carboxylic acids is 1. The molecule has 2 N–H and O–H groups in total. The maximum Gasteiger partial charge on any atom is 0.216 e. The van der Waals surface area contributed by atoms with Gasteiger partial charge in [0.1, 0.15) is 0 Å². The summed E-state index contributed by atoms with van der Waals surface area (Å²) < 4.78 is 5.75. The molecule has 0 aliphatic rings. The van der Waals surface area contributed by atoms with Crippen LogP contribution < -0.4 is 5.73 Å². The molecule has 1 unspecified atom stereocenters. The van der Waals surface area contributed by atoms with Crippen molar-refractivity contribution in [2.75, 3.05) is 0 Å². The van der Waals surface area contributed by atoms with Crippen LogP contribution in [0.2, 0.25) is 0 Å². The van der Waals surface area contributed by atoms with Gasteiger partial charge in [0.2, 0.25) is 5.78 Å². The highest BCUT2D eigenvalue weighted by atomic mass is 79.9. The lowest BCUT2D eigenvalue weighted by molar-refractivity contribution is 0.0932. The van der Waals surface area contributed by atoms with Crippen molar-refractivity contribution in [1.82, 2.24) is 0 Å². The number of ketones is 1. The van der Waals surface area contributed by atoms with E-state index in [1.807, 2.05) is 30.3 Å². The molecule has 0 amide bonds. The number of furan rings is 1. The van der Waals surface area contributed by atoms with Gasteiger partial charge >= 0.3 is 0 Å². The minimum atomic E-state index is -0.583. The van der Waals surface area contributed by atoms with Crippen LogP contribution in [0, 0.1) is 0 Å². The lowest BCUT2D eigenvalue weighted by Gasteiger charge is -2.09. The Bertz CT molecular complexity index is 507. The van der Waals surface area contributed by atoms with Crippen molar-refractivity contribution in [2.45, 2.75) is 12.5 Å². The lowest BCUT2D eigenvalue weighted by Crippen LogP contribution is -2.32. The smallest absolute Gasteiger partial charge is 0.216 e. The zero-order valence-corrected chi connectivity index (χ0v) is 10.7. The molecular weight excluding hydrogens is 282 g/mol. The molecule has 0 bridgehead atoms. The van der Waals surface area contributed by atoms with Gasteiger partial charge in [0, 0.05) is 0 Å². The summed E-state index contributed by atoms with van der Waals surface area (Å²) in [6, 6.07) is 10.8. The Labute approximate surface area is 108 Å². The Balaban J connectivity index is 2.09. The lowest BCUT2D eigenvalue weighted by atomic mass is 10.0. The first-order valence-electron chi connectivity index (χ1n) is 5.25. The van der Waals surface area contributed by atoms with Gasteiger partial charge in [0.05, 0.1) is 16.8 Å². The summed E-state index contributed by atoms with van der Waals surface area (Å²) in [7, 11) is 0. The summed E-state index contributed by atoms with van der Waals surface area (Å²) in [5.41, 5.74) is 6.92. The Morgan fingerprint density at radius 3 is 2.59 bits per heavy atom. The minimum absolute atomic E-state index is 0.189. The van der Waals surface area contributed by atoms with Crippen LogP contribution in [-0.2, 0) is 6.42 Å². The zero-order chi connectivity index (χ0) is 12.3. The van der Waals surface area contributed by atoms with Crippen LogP contribution in [0.5, 0.6) is 0 Å². The number of rotatable bonds is 4. The predicted octanol–water partition coefficient (Wildman–Crippen LogP) is 2.79. The van der Waals surface area contributed by atoms with Gasteiger partial charge in [-0.1, -0.05) is 30.3 Å². The summed E-state index contributed by atoms with van der Waals surface area (Å²) in [6.07, 6.45) is 1.97. The maximum absolute atomic E-state index is 12.0. The average Bonchev–Trinajstić information content (AvgIpc) is 2.76. The van der Waals surface area contributed by atoms with Crippen LogP contribution in [0.3, 0.4) is 0 Å². The van der Waals surface area contributed by atoms with Crippen molar-refractivity contribution in [3.05, 3.63) is 58.5 Å². The van der Waals surface area contributed by atoms with E-state index in [1.54, 1.807) is 6.07 Å². The molecule has 1 aromatic carbocycles. The van der Waals surface area contributed by atoms with Crippen molar-refractivity contribution in [3.8, 4) is 0 Å². The molecule has 4 heteroatoms. The predicted molar refractivity (Wildman–Crippen MR) is 68.9 cm³/mol. The van der Waals surface area contributed by atoms with E-state index in [9.17, 15) is 4.79 Å². The highest BCUT2D eigenvalue weighted by Gasteiger charge is 2.21. The van der Waals surface area contributed by atoms with Gasteiger partial charge in [0.25, 0.3) is 0 Å². The molecule has 0 aliphatic carbocycles. The molecule has 1 atom stereocenters. The summed E-state index contributed by atoms with van der Waals surface area (Å²) in [5, 5.41) is 0. The van der Waals surface area contributed by atoms with Gasteiger partial charge in [-0.3, -0.25) is 4.79 Å². The molecular formula is C13H12BrNO2. The molecule has 17 heavy (non-hydrogen) atoms. The van der Waals surface area contributed by atoms with Crippen LogP contribution in [0.4, 0.5) is 0 Å². The number of carbonyl (C=O) groups is 1. The number of hydrogen-bond acceptors (Lipinski definition) is 3. The average molecular weight is 294 g/mol. The van der Waals surface area contributed by atoms with Gasteiger partial charge in [-0.25, -0.2) is 0 Å². The highest BCUT2D eigenvalue weighted by Crippen LogP contribution is 2.19. The van der Waals surface area contributed by atoms with Crippen LogP contribution in [0.15, 0.2) is 51.6 Å². The number of Topliss-reactive ketones (excluding diaryl/α,β-unsaturated/α-hetero) is 1. The van der Waals surface area contributed by atoms with E-state index in [1.165, 1.54) is 6.26 Å². The third kappa shape index (κ3) is 2.84. The van der Waals surface area contributed by atoms with E-state index < -0.39 is 6.04 Å². The van der Waals surface area contributed by atoms with Crippen molar-refractivity contribution >= 4 is 21.7 Å². The molecule has 2 rings (SSSR count). The van der Waals surface area contributed by atoms with E-state index in [0.29, 0.717) is 10.9 Å². The van der Waals surface area contributed by atoms with E-state index >= 15 is 0 Å². The van der Waals surface area contributed by atoms with Gasteiger partial charge in [-0.15, -0.1) is 0 Å². The summed E-state index contributed by atoms with van der Waals surface area (Å²) in [4.78, 5) is 12.0. The Morgan fingerprint density at radius 1 is 1.29 bits per heavy atom. The van der Waals surface area contributed by atoms with Gasteiger partial charge in [-0.05, 0) is 34.0 Å². The first-order valence-corrected chi connectivity index (χ1v) is 6.04. The van der Waals surface area contributed by atoms with Gasteiger partial charge < -0.3 is 10.2 Å². The van der Waals surface area contributed by atoms with E-state index in [0.717, 1.165) is 5.56 Å². The molecule has 88 valence electrons. The van der Waals surface area contributed by atoms with Crippen molar-refractivity contribution in [2.24, 2.45) is 5.73 Å². The molecule has 0 aliphatic heterocycles. The number of hydrogen-bond donors (Lipinski definition) is 1. The second-order valence-electron chi connectivity index (χ2n) is 3.76. The van der Waals surface area contributed by atoms with Crippen LogP contribution in [0.25, 0.3) is 0 Å². The first kappa shape index (κ1) is 12.1. The monoisotopic (exact) mass is 293 g/mol. The Morgan fingerprint density at radius 2 is 2.00 bits per heavy atom. The van der Waals surface area contributed by atoms with E-state index in [-0.39, 0.29) is 11.5 Å². The molecule has 1 aromatic heterocycles. The third-order valence-corrected chi connectivity index (χ3v) is 3.10. The van der Waals surface area contributed by atoms with Crippen molar-refractivity contribution in [3.63, 3.8) is 0 Å². The fraction of sp³-hybridized carbons (Fsp3) is 0.154. The standard InChI is InChI=1S/C13H12BrNO2/c14-10-6-7-17-13(10)12(16)11(15)8-9-4-2-1-3-5-9/h1-7,11H,8,15H2. The fourth-order valence-corrected chi connectivity index (χ4v) is 2.00. The zero-order valence-electron chi connectivity index (χ0n) is 9.10. The highest BCUT2D eigenvalue weighted by molar-refractivity contribution is 9.10. The summed E-state index contributed by atoms with van der Waals surface area (Å²) in [6.45, 7) is 0. The maximum atomic E-state index is 12.0. The van der Waals surface area contributed by atoms with Gasteiger partial charge in [-0.2, -0.15) is 0 Å². The summed E-state index contributed by atoms with van der Waals surface area (Å²) >= 11 is 3.25. The first-order chi connectivity index (χ1) is 8.18. The molecule has 0 fully saturated rings. The molecule has 0 saturated heterocycles. The number of benzene rings is 1. The van der Waals surface area contributed by atoms with Crippen LogP contribution in [0.1, 0.15) is 16.1 Å². The molecule has 2 aromatic rings. The van der Waals surface area contributed by atoms with E-state index in [2.05, 4.69) is 15.9 Å². The van der Waals surface area contributed by atoms with E-state index in [4.69, 9.17) is 10.2 Å². The minimum Gasteiger partial charge on any atom is -0.460 e. The topological polar surface area (TPSA) is 56.2 Å². The molecule has 0 radical (unpaired) electrons. The third-order valence-electron chi connectivity index (χ3n) is 2.48. The van der Waals surface area contributed by atoms with Crippen LogP contribution in [-0.4, -0.2) is 11.8 Å². The Kier molecular flexibility index (Phi) is 3.76. The van der Waals surface area contributed by atoms with Crippen molar-refractivity contribution in [1.29, 1.82) is 0 Å².